The summed E-state index contributed by atoms with van der Waals surface area (Å²) in [5, 5.41) is 18.0. The highest BCUT2D eigenvalue weighted by Crippen LogP contribution is 2.36. The molecule has 2 N–H and O–H groups in total. The molecule has 0 heterocycles. The smallest absolute Gasteiger partial charge is 0.321 e. The van der Waals surface area contributed by atoms with Gasteiger partial charge in [0.15, 0.2) is 0 Å². The first kappa shape index (κ1) is 11.5. The minimum absolute atomic E-state index is 0.0225. The number of carboxylic acid groups (broad SMARTS) is 1. The molecule has 0 radical (unpaired) electrons. The second kappa shape index (κ2) is 4.75. The van der Waals surface area contributed by atoms with Gasteiger partial charge >= 0.3 is 5.97 Å². The van der Waals surface area contributed by atoms with Crippen LogP contribution in [-0.4, -0.2) is 46.3 Å². The van der Waals surface area contributed by atoms with Gasteiger partial charge in [0.2, 0.25) is 0 Å². The van der Waals surface area contributed by atoms with Crippen LogP contribution >= 0.6 is 0 Å². The Bertz CT molecular complexity index is 202. The van der Waals surface area contributed by atoms with E-state index in [1.54, 1.807) is 0 Å². The third-order valence-electron chi connectivity index (χ3n) is 2.70. The molecule has 4 nitrogen and oxygen atoms in total. The summed E-state index contributed by atoms with van der Waals surface area (Å²) in [5.74, 6) is -0.462. The standard InChI is InChI=1S/C10H19NO3/c1-7(2)11(5-6-12)9(10(13)14)8-3-4-8/h7-9,12H,3-6H2,1-2H3,(H,13,14). The van der Waals surface area contributed by atoms with E-state index < -0.39 is 12.0 Å². The fourth-order valence-corrected chi connectivity index (χ4v) is 1.86. The quantitative estimate of drug-likeness (QED) is 0.659. The van der Waals surface area contributed by atoms with Crippen LogP contribution in [0.3, 0.4) is 0 Å². The van der Waals surface area contributed by atoms with Gasteiger partial charge in [-0.05, 0) is 32.6 Å². The first-order valence-corrected chi connectivity index (χ1v) is 5.17. The molecule has 1 rings (SSSR count). The maximum absolute atomic E-state index is 11.1. The molecule has 0 aliphatic heterocycles. The summed E-state index contributed by atoms with van der Waals surface area (Å²) >= 11 is 0. The number of nitrogens with zero attached hydrogens (tertiary/aromatic N) is 1. The third-order valence-corrected chi connectivity index (χ3v) is 2.70. The summed E-state index contributed by atoms with van der Waals surface area (Å²) in [4.78, 5) is 13.0. The summed E-state index contributed by atoms with van der Waals surface area (Å²) < 4.78 is 0. The Morgan fingerprint density at radius 1 is 1.50 bits per heavy atom. The van der Waals surface area contributed by atoms with E-state index in [0.717, 1.165) is 12.8 Å². The van der Waals surface area contributed by atoms with E-state index in [1.807, 2.05) is 18.7 Å². The summed E-state index contributed by atoms with van der Waals surface area (Å²) in [7, 11) is 0. The molecule has 4 heteroatoms. The third kappa shape index (κ3) is 2.69. The SMILES string of the molecule is CC(C)N(CCO)C(C(=O)O)C1CC1. The Hall–Kier alpha value is -0.610. The van der Waals surface area contributed by atoms with Crippen LogP contribution in [0.2, 0.25) is 0 Å². The fourth-order valence-electron chi connectivity index (χ4n) is 1.86. The van der Waals surface area contributed by atoms with Gasteiger partial charge in [-0.3, -0.25) is 9.69 Å². The van der Waals surface area contributed by atoms with E-state index in [1.165, 1.54) is 0 Å². The fraction of sp³-hybridized carbons (Fsp3) is 0.900. The van der Waals surface area contributed by atoms with E-state index in [4.69, 9.17) is 10.2 Å². The van der Waals surface area contributed by atoms with Crippen molar-refractivity contribution in [2.24, 2.45) is 5.92 Å². The van der Waals surface area contributed by atoms with Crippen LogP contribution < -0.4 is 0 Å². The maximum atomic E-state index is 11.1. The number of carboxylic acids is 1. The van der Waals surface area contributed by atoms with Crippen molar-refractivity contribution < 1.29 is 15.0 Å². The second-order valence-corrected chi connectivity index (χ2v) is 4.18. The Labute approximate surface area is 84.5 Å². The first-order chi connectivity index (χ1) is 6.57. The van der Waals surface area contributed by atoms with Crippen molar-refractivity contribution in [2.75, 3.05) is 13.2 Å². The van der Waals surface area contributed by atoms with Gasteiger partial charge < -0.3 is 10.2 Å². The lowest BCUT2D eigenvalue weighted by Crippen LogP contribution is -2.47. The zero-order valence-electron chi connectivity index (χ0n) is 8.81. The molecule has 1 fully saturated rings. The van der Waals surface area contributed by atoms with Gasteiger partial charge in [0, 0.05) is 12.6 Å². The van der Waals surface area contributed by atoms with Crippen molar-refractivity contribution in [3.8, 4) is 0 Å². The highest BCUT2D eigenvalue weighted by molar-refractivity contribution is 5.74. The molecule has 14 heavy (non-hydrogen) atoms. The normalized spacial score (nSPS) is 18.9. The van der Waals surface area contributed by atoms with E-state index in [0.29, 0.717) is 12.5 Å². The van der Waals surface area contributed by atoms with Crippen molar-refractivity contribution >= 4 is 5.97 Å². The molecular weight excluding hydrogens is 182 g/mol. The predicted molar refractivity (Wildman–Crippen MR) is 53.1 cm³/mol. The number of hydrogen-bond donors (Lipinski definition) is 2. The zero-order valence-corrected chi connectivity index (χ0v) is 8.81. The summed E-state index contributed by atoms with van der Waals surface area (Å²) in [5.41, 5.74) is 0. The van der Waals surface area contributed by atoms with Crippen LogP contribution in [0.4, 0.5) is 0 Å². The van der Waals surface area contributed by atoms with Gasteiger partial charge in [-0.2, -0.15) is 0 Å². The second-order valence-electron chi connectivity index (χ2n) is 4.18. The van der Waals surface area contributed by atoms with Crippen LogP contribution in [-0.2, 0) is 4.79 Å². The molecular formula is C10H19NO3. The zero-order chi connectivity index (χ0) is 10.7. The highest BCUT2D eigenvalue weighted by atomic mass is 16.4. The van der Waals surface area contributed by atoms with Crippen molar-refractivity contribution in [3.63, 3.8) is 0 Å². The molecule has 0 aromatic heterocycles. The molecule has 0 amide bonds. The molecule has 0 spiro atoms. The topological polar surface area (TPSA) is 60.8 Å². The number of aliphatic hydroxyl groups is 1. The molecule has 0 saturated heterocycles. The van der Waals surface area contributed by atoms with Crippen LogP contribution in [0, 0.1) is 5.92 Å². The van der Waals surface area contributed by atoms with Crippen LogP contribution in [0.25, 0.3) is 0 Å². The lowest BCUT2D eigenvalue weighted by atomic mass is 10.1. The van der Waals surface area contributed by atoms with Gasteiger partial charge in [-0.15, -0.1) is 0 Å². The lowest BCUT2D eigenvalue weighted by Gasteiger charge is -2.31. The summed E-state index contributed by atoms with van der Waals surface area (Å²) in [6.07, 6.45) is 2.01. The number of hydrogen-bond acceptors (Lipinski definition) is 3. The van der Waals surface area contributed by atoms with E-state index >= 15 is 0 Å². The Kier molecular flexibility index (Phi) is 3.89. The van der Waals surface area contributed by atoms with Gasteiger partial charge in [-0.1, -0.05) is 0 Å². The minimum atomic E-state index is -0.755. The van der Waals surface area contributed by atoms with Crippen molar-refractivity contribution in [1.29, 1.82) is 0 Å². The van der Waals surface area contributed by atoms with Crippen LogP contribution in [0.15, 0.2) is 0 Å². The Balaban J connectivity index is 2.65. The van der Waals surface area contributed by atoms with Crippen LogP contribution in [0.5, 0.6) is 0 Å². The highest BCUT2D eigenvalue weighted by Gasteiger charge is 2.40. The Morgan fingerprint density at radius 2 is 2.07 bits per heavy atom. The molecule has 0 aromatic carbocycles. The van der Waals surface area contributed by atoms with E-state index in [-0.39, 0.29) is 12.6 Å². The summed E-state index contributed by atoms with van der Waals surface area (Å²) in [6.45, 7) is 4.40. The lowest BCUT2D eigenvalue weighted by molar-refractivity contribution is -0.145. The number of aliphatic hydroxyl groups excluding tert-OH is 1. The number of carbonyl (C=O) groups is 1. The average Bonchev–Trinajstić information content (AvgIpc) is 2.86. The largest absolute Gasteiger partial charge is 0.480 e. The molecule has 1 aliphatic rings. The van der Waals surface area contributed by atoms with Crippen molar-refractivity contribution in [2.45, 2.75) is 38.8 Å². The predicted octanol–water partition coefficient (Wildman–Crippen LogP) is 0.552. The molecule has 1 atom stereocenters. The van der Waals surface area contributed by atoms with Crippen molar-refractivity contribution in [1.82, 2.24) is 4.90 Å². The summed E-state index contributed by atoms with van der Waals surface area (Å²) in [6, 6.07) is -0.231. The molecule has 1 unspecified atom stereocenters. The number of rotatable bonds is 6. The number of aliphatic carboxylic acids is 1. The molecule has 1 saturated carbocycles. The Morgan fingerprint density at radius 3 is 2.36 bits per heavy atom. The monoisotopic (exact) mass is 201 g/mol. The van der Waals surface area contributed by atoms with Gasteiger partial charge in [0.05, 0.1) is 6.61 Å². The van der Waals surface area contributed by atoms with Gasteiger partial charge in [0.25, 0.3) is 0 Å². The van der Waals surface area contributed by atoms with E-state index in [9.17, 15) is 4.79 Å². The maximum Gasteiger partial charge on any atom is 0.321 e. The molecule has 1 aliphatic carbocycles. The van der Waals surface area contributed by atoms with Gasteiger partial charge in [-0.25, -0.2) is 0 Å². The first-order valence-electron chi connectivity index (χ1n) is 5.17. The van der Waals surface area contributed by atoms with Gasteiger partial charge in [0.1, 0.15) is 6.04 Å². The minimum Gasteiger partial charge on any atom is -0.480 e. The molecule has 82 valence electrons. The van der Waals surface area contributed by atoms with Crippen molar-refractivity contribution in [3.05, 3.63) is 0 Å². The van der Waals surface area contributed by atoms with E-state index in [2.05, 4.69) is 0 Å². The molecule has 0 aromatic rings. The van der Waals surface area contributed by atoms with Crippen LogP contribution in [0.1, 0.15) is 26.7 Å². The average molecular weight is 201 g/mol. The molecule has 0 bridgehead atoms.